The van der Waals surface area contributed by atoms with Crippen molar-refractivity contribution in [1.82, 2.24) is 9.29 Å². The van der Waals surface area contributed by atoms with Gasteiger partial charge in [0.15, 0.2) is 0 Å². The summed E-state index contributed by atoms with van der Waals surface area (Å²) in [5.41, 5.74) is 0.320. The molecule has 0 radical (unpaired) electrons. The lowest BCUT2D eigenvalue weighted by Gasteiger charge is -2.10. The van der Waals surface area contributed by atoms with E-state index in [-0.39, 0.29) is 30.0 Å². The second-order valence-electron chi connectivity index (χ2n) is 5.18. The van der Waals surface area contributed by atoms with Crippen molar-refractivity contribution in [2.45, 2.75) is 17.9 Å². The van der Waals surface area contributed by atoms with E-state index in [0.29, 0.717) is 5.56 Å². The van der Waals surface area contributed by atoms with Gasteiger partial charge < -0.3 is 9.30 Å². The van der Waals surface area contributed by atoms with Crippen molar-refractivity contribution in [2.24, 2.45) is 0 Å². The third kappa shape index (κ3) is 5.52. The van der Waals surface area contributed by atoms with Crippen LogP contribution in [-0.4, -0.2) is 32.6 Å². The maximum atomic E-state index is 12.4. The predicted octanol–water partition coefficient (Wildman–Crippen LogP) is 1.30. The van der Waals surface area contributed by atoms with Gasteiger partial charge in [0, 0.05) is 29.8 Å². The second kappa shape index (κ2) is 8.41. The van der Waals surface area contributed by atoms with Crippen LogP contribution in [-0.2, 0) is 32.5 Å². The molecule has 134 valence electrons. The summed E-state index contributed by atoms with van der Waals surface area (Å²) < 4.78 is 33.9. The van der Waals surface area contributed by atoms with Gasteiger partial charge in [-0.3, -0.25) is 9.59 Å². The van der Waals surface area contributed by atoms with E-state index >= 15 is 0 Å². The average molecular weight is 429 g/mol. The van der Waals surface area contributed by atoms with Crippen molar-refractivity contribution in [2.75, 3.05) is 13.7 Å². The van der Waals surface area contributed by atoms with Crippen LogP contribution >= 0.6 is 15.9 Å². The van der Waals surface area contributed by atoms with Crippen LogP contribution in [0.2, 0.25) is 0 Å². The van der Waals surface area contributed by atoms with Crippen molar-refractivity contribution < 1.29 is 17.9 Å². The molecule has 0 aliphatic heterocycles. The Morgan fingerprint density at radius 2 is 2.04 bits per heavy atom. The minimum atomic E-state index is -3.75. The Bertz CT molecular complexity index is 924. The number of carbonyl (C=O) groups is 1. The van der Waals surface area contributed by atoms with Crippen molar-refractivity contribution in [3.8, 4) is 0 Å². The Morgan fingerprint density at radius 1 is 1.28 bits per heavy atom. The number of sulfonamides is 1. The largest absolute Gasteiger partial charge is 0.469 e. The molecule has 1 N–H and O–H groups in total. The Morgan fingerprint density at radius 3 is 2.76 bits per heavy atom. The van der Waals surface area contributed by atoms with Gasteiger partial charge in [0.1, 0.15) is 0 Å². The highest BCUT2D eigenvalue weighted by molar-refractivity contribution is 9.10. The summed E-state index contributed by atoms with van der Waals surface area (Å²) in [5, 5.41) is 0. The monoisotopic (exact) mass is 428 g/mol. The number of rotatable bonds is 7. The van der Waals surface area contributed by atoms with Gasteiger partial charge in [0.05, 0.1) is 18.4 Å². The fraction of sp³-hybridized carbons (Fsp3) is 0.250. The maximum absolute atomic E-state index is 12.4. The summed E-state index contributed by atoms with van der Waals surface area (Å²) >= 11 is 3.26. The number of nitrogens with one attached hydrogen (secondary N) is 1. The summed E-state index contributed by atoms with van der Waals surface area (Å²) in [7, 11) is -2.48. The van der Waals surface area contributed by atoms with Crippen LogP contribution in [0, 0.1) is 0 Å². The topological polar surface area (TPSA) is 94.5 Å². The van der Waals surface area contributed by atoms with E-state index in [1.165, 1.54) is 29.9 Å². The molecule has 1 aromatic heterocycles. The number of nitrogens with zero attached hydrogens (tertiary/aromatic N) is 1. The van der Waals surface area contributed by atoms with E-state index in [1.807, 2.05) is 0 Å². The fourth-order valence-electron chi connectivity index (χ4n) is 2.12. The quantitative estimate of drug-likeness (QED) is 0.670. The molecule has 2 aromatic rings. The number of benzene rings is 1. The molecule has 0 fully saturated rings. The highest BCUT2D eigenvalue weighted by Gasteiger charge is 2.15. The molecule has 7 nitrogen and oxygen atoms in total. The average Bonchev–Trinajstić information content (AvgIpc) is 2.58. The van der Waals surface area contributed by atoms with Crippen LogP contribution in [0.5, 0.6) is 0 Å². The van der Waals surface area contributed by atoms with E-state index in [0.717, 1.165) is 4.47 Å². The number of aromatic nitrogens is 1. The van der Waals surface area contributed by atoms with Crippen LogP contribution in [0.3, 0.4) is 0 Å². The number of hydrogen-bond acceptors (Lipinski definition) is 5. The van der Waals surface area contributed by atoms with Gasteiger partial charge in [-0.1, -0.05) is 12.1 Å². The molecule has 0 spiro atoms. The molecule has 25 heavy (non-hydrogen) atoms. The molecule has 0 unspecified atom stereocenters. The summed E-state index contributed by atoms with van der Waals surface area (Å²) in [6.07, 6.45) is 1.58. The number of methoxy groups -OCH3 is 1. The lowest BCUT2D eigenvalue weighted by Crippen LogP contribution is -2.30. The van der Waals surface area contributed by atoms with Gasteiger partial charge in [0.25, 0.3) is 5.56 Å². The van der Waals surface area contributed by atoms with Crippen molar-refractivity contribution in [3.63, 3.8) is 0 Å². The van der Waals surface area contributed by atoms with Crippen LogP contribution in [0.4, 0.5) is 0 Å². The van der Waals surface area contributed by atoms with Gasteiger partial charge in [-0.25, -0.2) is 13.1 Å². The van der Waals surface area contributed by atoms with Gasteiger partial charge in [-0.05, 0) is 39.7 Å². The van der Waals surface area contributed by atoms with Gasteiger partial charge >= 0.3 is 5.97 Å². The lowest BCUT2D eigenvalue weighted by molar-refractivity contribution is -0.139. The van der Waals surface area contributed by atoms with Crippen LogP contribution in [0.25, 0.3) is 0 Å². The van der Waals surface area contributed by atoms with Gasteiger partial charge in [-0.15, -0.1) is 0 Å². The summed E-state index contributed by atoms with van der Waals surface area (Å²) in [4.78, 5) is 23.1. The van der Waals surface area contributed by atoms with Gasteiger partial charge in [-0.2, -0.15) is 0 Å². The highest BCUT2D eigenvalue weighted by atomic mass is 79.9. The van der Waals surface area contributed by atoms with Crippen LogP contribution in [0.1, 0.15) is 5.56 Å². The van der Waals surface area contributed by atoms with Gasteiger partial charge in [0.2, 0.25) is 10.0 Å². The molecule has 2 rings (SSSR count). The highest BCUT2D eigenvalue weighted by Crippen LogP contribution is 2.12. The standard InChI is InChI=1S/C16H17BrN2O5S/c1-24-16(21)10-12-3-2-4-14(9-12)25(22,23)18-7-8-19-11-13(17)5-6-15(19)20/h2-6,9,11,18H,7-8,10H2,1H3. The molecule has 0 saturated carbocycles. The minimum absolute atomic E-state index is 0.00665. The SMILES string of the molecule is COC(=O)Cc1cccc(S(=O)(=O)NCCn2cc(Br)ccc2=O)c1. The first-order valence-electron chi connectivity index (χ1n) is 7.33. The molecular formula is C16H17BrN2O5S. The zero-order valence-corrected chi connectivity index (χ0v) is 15.8. The zero-order valence-electron chi connectivity index (χ0n) is 13.4. The fourth-order valence-corrected chi connectivity index (χ4v) is 3.59. The number of pyridine rings is 1. The number of carbonyl (C=O) groups excluding carboxylic acids is 1. The van der Waals surface area contributed by atoms with Crippen molar-refractivity contribution >= 4 is 31.9 Å². The third-order valence-corrected chi connectivity index (χ3v) is 5.30. The Balaban J connectivity index is 2.06. The number of hydrogen-bond donors (Lipinski definition) is 1. The Labute approximate surface area is 153 Å². The molecule has 0 amide bonds. The molecule has 0 saturated heterocycles. The molecule has 9 heteroatoms. The molecule has 1 aromatic carbocycles. The van der Waals surface area contributed by atoms with Crippen LogP contribution < -0.4 is 10.3 Å². The minimum Gasteiger partial charge on any atom is -0.469 e. The molecule has 0 aliphatic rings. The normalized spacial score (nSPS) is 11.3. The summed E-state index contributed by atoms with van der Waals surface area (Å²) in [5.74, 6) is -0.448. The predicted molar refractivity (Wildman–Crippen MR) is 95.8 cm³/mol. The number of esters is 1. The van der Waals surface area contributed by atoms with Crippen molar-refractivity contribution in [1.29, 1.82) is 0 Å². The molecule has 0 atom stereocenters. The van der Waals surface area contributed by atoms with Crippen LogP contribution in [0.15, 0.2) is 56.8 Å². The van der Waals surface area contributed by atoms with E-state index in [9.17, 15) is 18.0 Å². The first kappa shape index (κ1) is 19.4. The summed E-state index contributed by atoms with van der Waals surface area (Å²) in [6, 6.07) is 9.09. The molecule has 0 bridgehead atoms. The zero-order chi connectivity index (χ0) is 18.4. The van der Waals surface area contributed by atoms with E-state index in [2.05, 4.69) is 25.4 Å². The lowest BCUT2D eigenvalue weighted by atomic mass is 10.1. The second-order valence-corrected chi connectivity index (χ2v) is 7.86. The maximum Gasteiger partial charge on any atom is 0.309 e. The Kier molecular flexibility index (Phi) is 6.51. The van der Waals surface area contributed by atoms with E-state index < -0.39 is 16.0 Å². The molecule has 1 heterocycles. The molecular weight excluding hydrogens is 412 g/mol. The van der Waals surface area contributed by atoms with E-state index in [1.54, 1.807) is 24.4 Å². The smallest absolute Gasteiger partial charge is 0.309 e. The van der Waals surface area contributed by atoms with Crippen molar-refractivity contribution in [3.05, 3.63) is 63.0 Å². The van der Waals surface area contributed by atoms with E-state index in [4.69, 9.17) is 0 Å². The number of halogens is 1. The third-order valence-electron chi connectivity index (χ3n) is 3.38. The Hall–Kier alpha value is -1.97. The first-order chi connectivity index (χ1) is 11.8. The summed E-state index contributed by atoms with van der Waals surface area (Å²) in [6.45, 7) is 0.249. The first-order valence-corrected chi connectivity index (χ1v) is 9.61. The molecule has 0 aliphatic carbocycles. The number of ether oxygens (including phenoxy) is 1.